The summed E-state index contributed by atoms with van der Waals surface area (Å²) in [6.07, 6.45) is 7.32. The topological polar surface area (TPSA) is 50.5 Å². The van der Waals surface area contributed by atoms with Gasteiger partial charge in [-0.05, 0) is 61.2 Å². The van der Waals surface area contributed by atoms with Crippen LogP contribution in [-0.2, 0) is 6.42 Å². The molecule has 5 rings (SSSR count). The van der Waals surface area contributed by atoms with Crippen molar-refractivity contribution >= 4 is 11.6 Å². The first-order valence-corrected chi connectivity index (χ1v) is 11.1. The highest BCUT2D eigenvalue weighted by molar-refractivity contribution is 5.93. The summed E-state index contributed by atoms with van der Waals surface area (Å²) in [4.78, 5) is 24.0. The number of hydrogen-bond acceptors (Lipinski definition) is 3. The number of imidazole rings is 1. The molecule has 0 N–H and O–H groups in total. The number of carbonyl (C=O) groups is 1. The Morgan fingerprint density at radius 3 is 2.73 bits per heavy atom. The predicted octanol–water partition coefficient (Wildman–Crippen LogP) is 4.93. The van der Waals surface area contributed by atoms with Gasteiger partial charge in [0.1, 0.15) is 23.0 Å². The third-order valence-corrected chi connectivity index (χ3v) is 6.25. The molecule has 7 heteroatoms. The summed E-state index contributed by atoms with van der Waals surface area (Å²) in [6.45, 7) is 3.25. The Morgan fingerprint density at radius 1 is 1.15 bits per heavy atom. The lowest BCUT2D eigenvalue weighted by Gasteiger charge is -2.32. The molecule has 5 nitrogen and oxygen atoms in total. The predicted molar refractivity (Wildman–Crippen MR) is 121 cm³/mol. The number of piperidine rings is 1. The molecule has 4 aromatic rings. The summed E-state index contributed by atoms with van der Waals surface area (Å²) < 4.78 is 29.8. The van der Waals surface area contributed by atoms with Crippen molar-refractivity contribution in [1.29, 1.82) is 0 Å². The Labute approximate surface area is 190 Å². The van der Waals surface area contributed by atoms with Gasteiger partial charge < -0.3 is 9.30 Å². The summed E-state index contributed by atoms with van der Waals surface area (Å²) in [5.41, 5.74) is 3.97. The fourth-order valence-corrected chi connectivity index (χ4v) is 4.44. The van der Waals surface area contributed by atoms with Crippen LogP contribution in [0.25, 0.3) is 5.65 Å². The summed E-state index contributed by atoms with van der Waals surface area (Å²) in [5.74, 6) is -1.07. The number of nitrogens with zero attached hydrogens (tertiary/aromatic N) is 4. The number of carbonyl (C=O) groups excluding carboxylic acids is 1. The van der Waals surface area contributed by atoms with Gasteiger partial charge in [-0.25, -0.2) is 13.8 Å². The molecule has 0 bridgehead atoms. The molecular weight excluding hydrogens is 422 g/mol. The molecule has 0 spiro atoms. The van der Waals surface area contributed by atoms with Crippen LogP contribution in [0.2, 0.25) is 0 Å². The number of aryl methyl sites for hydroxylation is 1. The zero-order chi connectivity index (χ0) is 22.9. The highest BCUT2D eigenvalue weighted by Gasteiger charge is 2.27. The van der Waals surface area contributed by atoms with Crippen LogP contribution < -0.4 is 0 Å². The van der Waals surface area contributed by atoms with Crippen LogP contribution in [0, 0.1) is 18.6 Å². The maximum Gasteiger partial charge on any atom is 0.274 e. The van der Waals surface area contributed by atoms with Gasteiger partial charge in [-0.1, -0.05) is 12.1 Å². The van der Waals surface area contributed by atoms with Gasteiger partial charge in [-0.2, -0.15) is 0 Å². The number of halogens is 2. The molecule has 1 saturated heterocycles. The van der Waals surface area contributed by atoms with E-state index in [0.29, 0.717) is 18.8 Å². The van der Waals surface area contributed by atoms with Crippen molar-refractivity contribution in [2.45, 2.75) is 32.1 Å². The van der Waals surface area contributed by atoms with Gasteiger partial charge in [0.2, 0.25) is 0 Å². The second kappa shape index (κ2) is 8.73. The smallest absolute Gasteiger partial charge is 0.274 e. The highest BCUT2D eigenvalue weighted by atomic mass is 19.1. The number of benzene rings is 1. The number of likely N-dealkylation sites (tertiary alicyclic amines) is 1. The highest BCUT2D eigenvalue weighted by Crippen LogP contribution is 2.27. The van der Waals surface area contributed by atoms with E-state index >= 15 is 0 Å². The maximum atomic E-state index is 13.9. The largest absolute Gasteiger partial charge is 0.337 e. The van der Waals surface area contributed by atoms with E-state index in [1.807, 2.05) is 46.7 Å². The molecule has 1 atom stereocenters. The maximum absolute atomic E-state index is 13.9. The van der Waals surface area contributed by atoms with Crippen molar-refractivity contribution in [3.05, 3.63) is 101 Å². The minimum absolute atomic E-state index is 0.0455. The summed E-state index contributed by atoms with van der Waals surface area (Å²) in [7, 11) is 0. The van der Waals surface area contributed by atoms with E-state index in [0.717, 1.165) is 35.3 Å². The molecule has 1 aliphatic rings. The lowest BCUT2D eigenvalue weighted by atomic mass is 9.93. The van der Waals surface area contributed by atoms with Crippen LogP contribution in [0.15, 0.2) is 61.1 Å². The molecule has 1 aromatic carbocycles. The minimum atomic E-state index is -0.553. The summed E-state index contributed by atoms with van der Waals surface area (Å²) in [5, 5.41) is 0. The molecule has 168 valence electrons. The van der Waals surface area contributed by atoms with Crippen LogP contribution in [0.3, 0.4) is 0 Å². The van der Waals surface area contributed by atoms with Gasteiger partial charge in [-0.15, -0.1) is 0 Å². The fourth-order valence-electron chi connectivity index (χ4n) is 4.44. The first-order valence-electron chi connectivity index (χ1n) is 11.1. The molecular formula is C26H24F2N4O. The lowest BCUT2D eigenvalue weighted by Crippen LogP contribution is -2.39. The van der Waals surface area contributed by atoms with Crippen molar-refractivity contribution in [2.75, 3.05) is 13.1 Å². The van der Waals surface area contributed by atoms with Gasteiger partial charge in [0.25, 0.3) is 5.91 Å². The average molecular weight is 447 g/mol. The van der Waals surface area contributed by atoms with Gasteiger partial charge >= 0.3 is 0 Å². The molecule has 1 amide bonds. The van der Waals surface area contributed by atoms with Gasteiger partial charge in [0.15, 0.2) is 0 Å². The van der Waals surface area contributed by atoms with Crippen LogP contribution in [-0.4, -0.2) is 38.3 Å². The molecule has 3 aromatic heterocycles. The molecule has 4 heterocycles. The average Bonchev–Trinajstić information content (AvgIpc) is 3.25. The SMILES string of the molecule is Cc1ccn2cc(C(=O)N3CCC[C@H](c4ccc(Cc5c(F)cccc5F)cn4)C3)nc2c1. The van der Waals surface area contributed by atoms with E-state index in [9.17, 15) is 13.6 Å². The van der Waals surface area contributed by atoms with E-state index in [1.165, 1.54) is 18.2 Å². The molecule has 0 saturated carbocycles. The third kappa shape index (κ3) is 4.35. The number of pyridine rings is 2. The van der Waals surface area contributed by atoms with Crippen molar-refractivity contribution in [3.63, 3.8) is 0 Å². The van der Waals surface area contributed by atoms with Crippen LogP contribution in [0.1, 0.15) is 51.6 Å². The van der Waals surface area contributed by atoms with Crippen molar-refractivity contribution < 1.29 is 13.6 Å². The monoisotopic (exact) mass is 446 g/mol. The Morgan fingerprint density at radius 2 is 1.97 bits per heavy atom. The molecule has 33 heavy (non-hydrogen) atoms. The number of amides is 1. The van der Waals surface area contributed by atoms with E-state index in [-0.39, 0.29) is 23.8 Å². The third-order valence-electron chi connectivity index (χ3n) is 6.25. The number of hydrogen-bond donors (Lipinski definition) is 0. The summed E-state index contributed by atoms with van der Waals surface area (Å²) >= 11 is 0. The van der Waals surface area contributed by atoms with Gasteiger partial charge in [0, 0.05) is 55.3 Å². The molecule has 0 unspecified atom stereocenters. The van der Waals surface area contributed by atoms with E-state index < -0.39 is 11.6 Å². The van der Waals surface area contributed by atoms with Crippen LogP contribution in [0.4, 0.5) is 8.78 Å². The van der Waals surface area contributed by atoms with Gasteiger partial charge in [0.05, 0.1) is 0 Å². The van der Waals surface area contributed by atoms with Crippen molar-refractivity contribution in [2.24, 2.45) is 0 Å². The van der Waals surface area contributed by atoms with Gasteiger partial charge in [-0.3, -0.25) is 9.78 Å². The fraction of sp³-hybridized carbons (Fsp3) is 0.269. The van der Waals surface area contributed by atoms with E-state index in [2.05, 4.69) is 9.97 Å². The lowest BCUT2D eigenvalue weighted by molar-refractivity contribution is 0.0700. The molecule has 1 aliphatic heterocycles. The number of aromatic nitrogens is 3. The zero-order valence-electron chi connectivity index (χ0n) is 18.3. The Bertz CT molecular complexity index is 1300. The Kier molecular flexibility index (Phi) is 5.62. The zero-order valence-corrected chi connectivity index (χ0v) is 18.3. The molecule has 1 fully saturated rings. The second-order valence-electron chi connectivity index (χ2n) is 8.65. The first kappa shape index (κ1) is 21.2. The standard InChI is InChI=1S/C26H24F2N4O/c1-17-9-11-31-16-24(30-25(31)12-17)26(33)32-10-3-4-19(15-32)23-8-7-18(14-29-23)13-20-21(27)5-2-6-22(20)28/h2,5-9,11-12,14,16,19H,3-4,10,13,15H2,1H3/t19-/m0/s1. The minimum Gasteiger partial charge on any atom is -0.337 e. The number of fused-ring (bicyclic) bond motifs is 1. The quantitative estimate of drug-likeness (QED) is 0.447. The number of rotatable bonds is 4. The van der Waals surface area contributed by atoms with Crippen molar-refractivity contribution in [1.82, 2.24) is 19.3 Å². The van der Waals surface area contributed by atoms with Crippen LogP contribution in [0.5, 0.6) is 0 Å². The van der Waals surface area contributed by atoms with E-state index in [1.54, 1.807) is 12.4 Å². The van der Waals surface area contributed by atoms with E-state index in [4.69, 9.17) is 0 Å². The Hall–Kier alpha value is -3.61. The van der Waals surface area contributed by atoms with Crippen molar-refractivity contribution in [3.8, 4) is 0 Å². The molecule has 0 radical (unpaired) electrons. The van der Waals surface area contributed by atoms with Crippen LogP contribution >= 0.6 is 0 Å². The normalized spacial score (nSPS) is 16.3. The first-order chi connectivity index (χ1) is 16.0. The summed E-state index contributed by atoms with van der Waals surface area (Å²) in [6, 6.07) is 11.6. The second-order valence-corrected chi connectivity index (χ2v) is 8.65. The Balaban J connectivity index is 1.29. The molecule has 0 aliphatic carbocycles.